The number of hydrogen-bond donors (Lipinski definition) is 1. The molecule has 8 nitrogen and oxygen atoms in total. The second kappa shape index (κ2) is 5.19. The molecule has 2 heterocycles. The summed E-state index contributed by atoms with van der Waals surface area (Å²) in [5.74, 6) is -0.532. The monoisotopic (exact) mass is 294 g/mol. The lowest BCUT2D eigenvalue weighted by Gasteiger charge is -2.12. The Balaban J connectivity index is 2.90. The normalized spacial score (nSPS) is 11.5. The van der Waals surface area contributed by atoms with Crippen LogP contribution in [0.15, 0.2) is 9.59 Å². The van der Waals surface area contributed by atoms with Gasteiger partial charge in [-0.1, -0.05) is 13.8 Å². The first-order valence-electron chi connectivity index (χ1n) is 6.61. The van der Waals surface area contributed by atoms with Crippen molar-refractivity contribution >= 4 is 17.1 Å². The topological polar surface area (TPSA) is 99.1 Å². The fraction of sp³-hybridized carbons (Fsp3) is 0.538. The quantitative estimate of drug-likeness (QED) is 0.836. The van der Waals surface area contributed by atoms with Crippen LogP contribution in [0.3, 0.4) is 0 Å². The molecule has 0 radical (unpaired) electrons. The molecule has 0 fully saturated rings. The van der Waals surface area contributed by atoms with Crippen LogP contribution in [0.4, 0.5) is 0 Å². The fourth-order valence-electron chi connectivity index (χ4n) is 2.36. The fourth-order valence-corrected chi connectivity index (χ4v) is 2.36. The lowest BCUT2D eigenvalue weighted by atomic mass is 10.2. The summed E-state index contributed by atoms with van der Waals surface area (Å²) in [7, 11) is 2.93. The van der Waals surface area contributed by atoms with E-state index >= 15 is 0 Å². The van der Waals surface area contributed by atoms with E-state index in [9.17, 15) is 14.4 Å². The van der Waals surface area contributed by atoms with Crippen molar-refractivity contribution in [3.05, 3.63) is 26.7 Å². The lowest BCUT2D eigenvalue weighted by Crippen LogP contribution is -2.37. The first kappa shape index (κ1) is 15.0. The van der Waals surface area contributed by atoms with E-state index in [-0.39, 0.29) is 23.7 Å². The van der Waals surface area contributed by atoms with Crippen molar-refractivity contribution in [2.24, 2.45) is 20.0 Å². The van der Waals surface area contributed by atoms with Crippen molar-refractivity contribution in [3.8, 4) is 0 Å². The molecule has 21 heavy (non-hydrogen) atoms. The van der Waals surface area contributed by atoms with Crippen LogP contribution in [0.5, 0.6) is 0 Å². The van der Waals surface area contributed by atoms with Gasteiger partial charge in [-0.15, -0.1) is 0 Å². The number of fused-ring (bicyclic) bond motifs is 1. The molecule has 2 aromatic heterocycles. The summed E-state index contributed by atoms with van der Waals surface area (Å²) in [5, 5.41) is 8.99. The van der Waals surface area contributed by atoms with E-state index in [0.29, 0.717) is 12.2 Å². The first-order chi connectivity index (χ1) is 9.73. The minimum absolute atomic E-state index is 0.122. The van der Waals surface area contributed by atoms with Crippen molar-refractivity contribution in [3.63, 3.8) is 0 Å². The minimum atomic E-state index is -1.03. The summed E-state index contributed by atoms with van der Waals surface area (Å²) in [6.07, 6.45) is -0.293. The van der Waals surface area contributed by atoms with E-state index in [4.69, 9.17) is 5.11 Å². The molecule has 0 atom stereocenters. The zero-order valence-electron chi connectivity index (χ0n) is 12.5. The Labute approximate surface area is 120 Å². The number of carboxylic acid groups (broad SMARTS) is 1. The molecule has 114 valence electrons. The molecule has 0 aliphatic rings. The predicted octanol–water partition coefficient (Wildman–Crippen LogP) is -0.283. The van der Waals surface area contributed by atoms with E-state index in [1.165, 1.54) is 11.6 Å². The number of hydrogen-bond acceptors (Lipinski definition) is 4. The molecule has 0 bridgehead atoms. The Morgan fingerprint density at radius 1 is 1.24 bits per heavy atom. The van der Waals surface area contributed by atoms with Gasteiger partial charge in [-0.3, -0.25) is 18.7 Å². The maximum absolute atomic E-state index is 12.2. The van der Waals surface area contributed by atoms with E-state index in [1.54, 1.807) is 11.6 Å². The summed E-state index contributed by atoms with van der Waals surface area (Å²) in [4.78, 5) is 39.3. The number of imidazole rings is 1. The molecule has 0 saturated heterocycles. The van der Waals surface area contributed by atoms with Crippen LogP contribution in [-0.2, 0) is 31.9 Å². The SMILES string of the molecule is CC(C)Cn1c(CC(=O)O)nc2c(=O)n(C)c(=O)n(C)c21. The van der Waals surface area contributed by atoms with Gasteiger partial charge in [0, 0.05) is 20.6 Å². The third-order valence-electron chi connectivity index (χ3n) is 3.28. The van der Waals surface area contributed by atoms with Gasteiger partial charge >= 0.3 is 11.7 Å². The van der Waals surface area contributed by atoms with Crippen LogP contribution in [0, 0.1) is 5.92 Å². The Morgan fingerprint density at radius 2 is 1.86 bits per heavy atom. The van der Waals surface area contributed by atoms with Crippen molar-refractivity contribution in [1.82, 2.24) is 18.7 Å². The predicted molar refractivity (Wildman–Crippen MR) is 76.4 cm³/mol. The molecular weight excluding hydrogens is 276 g/mol. The van der Waals surface area contributed by atoms with Gasteiger partial charge in [0.15, 0.2) is 5.52 Å². The van der Waals surface area contributed by atoms with Gasteiger partial charge < -0.3 is 9.67 Å². The van der Waals surface area contributed by atoms with Crippen LogP contribution < -0.4 is 11.2 Å². The number of carboxylic acids is 1. The van der Waals surface area contributed by atoms with E-state index < -0.39 is 17.2 Å². The first-order valence-corrected chi connectivity index (χ1v) is 6.61. The van der Waals surface area contributed by atoms with Crippen molar-refractivity contribution in [2.45, 2.75) is 26.8 Å². The average Bonchev–Trinajstić information content (AvgIpc) is 2.71. The van der Waals surface area contributed by atoms with Gasteiger partial charge in [0.1, 0.15) is 17.9 Å². The van der Waals surface area contributed by atoms with E-state index in [1.807, 2.05) is 13.8 Å². The van der Waals surface area contributed by atoms with Crippen LogP contribution in [0.1, 0.15) is 19.7 Å². The number of aliphatic carboxylic acids is 1. The molecule has 8 heteroatoms. The standard InChI is InChI=1S/C13H18N4O4/c1-7(2)6-17-8(5-9(18)19)14-10-11(17)15(3)13(21)16(4)12(10)20/h7H,5-6H2,1-4H3,(H,18,19). The molecule has 1 N–H and O–H groups in total. The van der Waals surface area contributed by atoms with Crippen LogP contribution in [0.2, 0.25) is 0 Å². The number of rotatable bonds is 4. The van der Waals surface area contributed by atoms with E-state index in [2.05, 4.69) is 4.98 Å². The smallest absolute Gasteiger partial charge is 0.332 e. The maximum atomic E-state index is 12.2. The van der Waals surface area contributed by atoms with Crippen LogP contribution >= 0.6 is 0 Å². The van der Waals surface area contributed by atoms with Gasteiger partial charge in [-0.05, 0) is 5.92 Å². The largest absolute Gasteiger partial charge is 0.481 e. The molecule has 0 aromatic carbocycles. The third kappa shape index (κ3) is 2.48. The molecule has 0 aliphatic carbocycles. The highest BCUT2D eigenvalue weighted by Gasteiger charge is 2.20. The Kier molecular flexibility index (Phi) is 3.71. The zero-order chi connectivity index (χ0) is 15.9. The molecular formula is C13H18N4O4. The van der Waals surface area contributed by atoms with Crippen molar-refractivity contribution in [1.29, 1.82) is 0 Å². The Morgan fingerprint density at radius 3 is 2.38 bits per heavy atom. The Hall–Kier alpha value is -2.38. The molecule has 0 saturated carbocycles. The minimum Gasteiger partial charge on any atom is -0.481 e. The van der Waals surface area contributed by atoms with Gasteiger partial charge in [0.25, 0.3) is 5.56 Å². The summed E-state index contributed by atoms with van der Waals surface area (Å²) < 4.78 is 3.95. The maximum Gasteiger partial charge on any atom is 0.332 e. The van der Waals surface area contributed by atoms with Gasteiger partial charge in [0.2, 0.25) is 0 Å². The zero-order valence-corrected chi connectivity index (χ0v) is 12.5. The third-order valence-corrected chi connectivity index (χ3v) is 3.28. The summed E-state index contributed by atoms with van der Waals surface area (Å²) in [6, 6.07) is 0. The summed E-state index contributed by atoms with van der Waals surface area (Å²) in [5.41, 5.74) is -0.480. The molecule has 0 spiro atoms. The Bertz CT molecular complexity index is 825. The molecule has 2 rings (SSSR count). The van der Waals surface area contributed by atoms with Gasteiger partial charge in [-0.25, -0.2) is 9.78 Å². The second-order valence-corrected chi connectivity index (χ2v) is 5.48. The van der Waals surface area contributed by atoms with Crippen LogP contribution in [0.25, 0.3) is 11.2 Å². The molecule has 0 amide bonds. The number of carbonyl (C=O) groups is 1. The molecule has 2 aromatic rings. The number of nitrogens with zero attached hydrogens (tertiary/aromatic N) is 4. The van der Waals surface area contributed by atoms with E-state index in [0.717, 1.165) is 4.57 Å². The molecule has 0 aliphatic heterocycles. The number of aryl methyl sites for hydroxylation is 1. The highest BCUT2D eigenvalue weighted by Crippen LogP contribution is 2.14. The van der Waals surface area contributed by atoms with Gasteiger partial charge in [-0.2, -0.15) is 0 Å². The lowest BCUT2D eigenvalue weighted by molar-refractivity contribution is -0.136. The summed E-state index contributed by atoms with van der Waals surface area (Å²) in [6.45, 7) is 4.42. The highest BCUT2D eigenvalue weighted by atomic mass is 16.4. The number of aromatic nitrogens is 4. The second-order valence-electron chi connectivity index (χ2n) is 5.48. The summed E-state index contributed by atoms with van der Waals surface area (Å²) >= 11 is 0. The van der Waals surface area contributed by atoms with Crippen LogP contribution in [-0.4, -0.2) is 29.8 Å². The molecule has 0 unspecified atom stereocenters. The van der Waals surface area contributed by atoms with Crippen molar-refractivity contribution < 1.29 is 9.90 Å². The van der Waals surface area contributed by atoms with Crippen molar-refractivity contribution in [2.75, 3.05) is 0 Å². The highest BCUT2D eigenvalue weighted by molar-refractivity contribution is 5.74. The average molecular weight is 294 g/mol. The van der Waals surface area contributed by atoms with Gasteiger partial charge in [0.05, 0.1) is 0 Å².